The molecule has 2 heteroatoms. The van der Waals surface area contributed by atoms with Gasteiger partial charge in [0.1, 0.15) is 0 Å². The highest BCUT2D eigenvalue weighted by Crippen LogP contribution is 2.42. The van der Waals surface area contributed by atoms with E-state index in [2.05, 4.69) is 42.3 Å². The Morgan fingerprint density at radius 1 is 1.16 bits per heavy atom. The van der Waals surface area contributed by atoms with Gasteiger partial charge in [-0.25, -0.2) is 0 Å². The highest BCUT2D eigenvalue weighted by molar-refractivity contribution is 5.33. The van der Waals surface area contributed by atoms with Gasteiger partial charge in [0.25, 0.3) is 0 Å². The number of piperazine rings is 1. The summed E-state index contributed by atoms with van der Waals surface area (Å²) in [5, 5.41) is 3.48. The monoisotopic (exact) mass is 258 g/mol. The average Bonchev–Trinajstić information content (AvgIpc) is 2.35. The third kappa shape index (κ3) is 2.70. The van der Waals surface area contributed by atoms with E-state index < -0.39 is 0 Å². The first-order chi connectivity index (χ1) is 9.25. The number of hydrogen-bond donors (Lipinski definition) is 1. The van der Waals surface area contributed by atoms with Gasteiger partial charge in [0, 0.05) is 32.2 Å². The van der Waals surface area contributed by atoms with Crippen LogP contribution in [0.1, 0.15) is 42.0 Å². The molecule has 2 nitrogen and oxygen atoms in total. The molecule has 0 bridgehead atoms. The third-order valence-corrected chi connectivity index (χ3v) is 4.89. The Morgan fingerprint density at radius 3 is 2.47 bits per heavy atom. The minimum absolute atomic E-state index is 0.663. The number of nitrogens with one attached hydrogen (secondary N) is 1. The molecule has 2 fully saturated rings. The van der Waals surface area contributed by atoms with Crippen LogP contribution in [0.3, 0.4) is 0 Å². The van der Waals surface area contributed by atoms with Gasteiger partial charge >= 0.3 is 0 Å². The molecule has 1 atom stereocenters. The first kappa shape index (κ1) is 13.1. The van der Waals surface area contributed by atoms with Crippen molar-refractivity contribution in [3.05, 3.63) is 34.9 Å². The molecule has 1 aromatic rings. The fourth-order valence-corrected chi connectivity index (χ4v) is 3.62. The maximum atomic E-state index is 3.48. The van der Waals surface area contributed by atoms with Gasteiger partial charge in [-0.15, -0.1) is 0 Å². The molecule has 1 aliphatic heterocycles. The fourth-order valence-electron chi connectivity index (χ4n) is 3.62. The van der Waals surface area contributed by atoms with Crippen LogP contribution in [0.2, 0.25) is 0 Å². The first-order valence-electron chi connectivity index (χ1n) is 7.77. The van der Waals surface area contributed by atoms with Crippen LogP contribution in [-0.2, 0) is 0 Å². The summed E-state index contributed by atoms with van der Waals surface area (Å²) in [5.74, 6) is 0.888. The largest absolute Gasteiger partial charge is 0.314 e. The van der Waals surface area contributed by atoms with Crippen molar-refractivity contribution in [1.29, 1.82) is 0 Å². The predicted molar refractivity (Wildman–Crippen MR) is 80.4 cm³/mol. The van der Waals surface area contributed by atoms with E-state index in [1.54, 1.807) is 5.56 Å². The Balaban J connectivity index is 1.88. The molecule has 1 aliphatic carbocycles. The Hall–Kier alpha value is -0.860. The lowest BCUT2D eigenvalue weighted by Gasteiger charge is -2.44. The molecular weight excluding hydrogens is 232 g/mol. The molecule has 2 aliphatic rings. The molecule has 1 unspecified atom stereocenters. The summed E-state index contributed by atoms with van der Waals surface area (Å²) in [4.78, 5) is 2.72. The Labute approximate surface area is 117 Å². The molecule has 19 heavy (non-hydrogen) atoms. The standard InChI is InChI=1S/C17H26N2/c1-13-6-7-16(14(2)12-13)17(15-4-3-5-15)19-10-8-18-9-11-19/h6-7,12,15,17-18H,3-5,8-11H2,1-2H3. The molecule has 0 spiro atoms. The summed E-state index contributed by atoms with van der Waals surface area (Å²) in [6.45, 7) is 9.18. The van der Waals surface area contributed by atoms with Gasteiger partial charge in [-0.05, 0) is 43.7 Å². The molecule has 0 radical (unpaired) electrons. The van der Waals surface area contributed by atoms with Crippen molar-refractivity contribution >= 4 is 0 Å². The smallest absolute Gasteiger partial charge is 0.0379 e. The van der Waals surface area contributed by atoms with Gasteiger partial charge in [-0.1, -0.05) is 30.2 Å². The predicted octanol–water partition coefficient (Wildman–Crippen LogP) is 3.05. The molecule has 3 rings (SSSR count). The van der Waals surface area contributed by atoms with Crippen LogP contribution in [0.5, 0.6) is 0 Å². The van der Waals surface area contributed by atoms with Crippen molar-refractivity contribution < 1.29 is 0 Å². The topological polar surface area (TPSA) is 15.3 Å². The lowest BCUT2D eigenvalue weighted by molar-refractivity contribution is 0.0833. The van der Waals surface area contributed by atoms with Crippen molar-refractivity contribution in [2.75, 3.05) is 26.2 Å². The van der Waals surface area contributed by atoms with E-state index in [9.17, 15) is 0 Å². The third-order valence-electron chi connectivity index (χ3n) is 4.89. The van der Waals surface area contributed by atoms with Crippen LogP contribution in [0.4, 0.5) is 0 Å². The van der Waals surface area contributed by atoms with Crippen LogP contribution in [0.25, 0.3) is 0 Å². The second-order valence-electron chi connectivity index (χ2n) is 6.28. The Bertz CT molecular complexity index is 431. The minimum Gasteiger partial charge on any atom is -0.314 e. The summed E-state index contributed by atoms with van der Waals surface area (Å²) in [5.41, 5.74) is 4.45. The molecule has 1 saturated carbocycles. The van der Waals surface area contributed by atoms with E-state index in [4.69, 9.17) is 0 Å². The molecular formula is C17H26N2. The van der Waals surface area contributed by atoms with Crippen molar-refractivity contribution in [3.63, 3.8) is 0 Å². The van der Waals surface area contributed by atoms with E-state index in [-0.39, 0.29) is 0 Å². The quantitative estimate of drug-likeness (QED) is 0.896. The van der Waals surface area contributed by atoms with E-state index in [1.165, 1.54) is 43.5 Å². The van der Waals surface area contributed by atoms with Gasteiger partial charge in [-0.2, -0.15) is 0 Å². The zero-order chi connectivity index (χ0) is 13.2. The summed E-state index contributed by atoms with van der Waals surface area (Å²) in [6.07, 6.45) is 4.27. The second kappa shape index (κ2) is 5.64. The Kier molecular flexibility index (Phi) is 3.90. The van der Waals surface area contributed by atoms with E-state index >= 15 is 0 Å². The molecule has 1 aromatic carbocycles. The summed E-state index contributed by atoms with van der Waals surface area (Å²) in [7, 11) is 0. The lowest BCUT2D eigenvalue weighted by Crippen LogP contribution is -2.48. The molecule has 104 valence electrons. The zero-order valence-electron chi connectivity index (χ0n) is 12.3. The van der Waals surface area contributed by atoms with Crippen LogP contribution >= 0.6 is 0 Å². The SMILES string of the molecule is Cc1ccc(C(C2CCC2)N2CCNCC2)c(C)c1. The highest BCUT2D eigenvalue weighted by atomic mass is 15.2. The number of rotatable bonds is 3. The van der Waals surface area contributed by atoms with Crippen LogP contribution in [-0.4, -0.2) is 31.1 Å². The van der Waals surface area contributed by atoms with Gasteiger partial charge in [0.15, 0.2) is 0 Å². The van der Waals surface area contributed by atoms with Crippen molar-refractivity contribution in [3.8, 4) is 0 Å². The van der Waals surface area contributed by atoms with Crippen molar-refractivity contribution in [1.82, 2.24) is 10.2 Å². The van der Waals surface area contributed by atoms with E-state index in [0.717, 1.165) is 19.0 Å². The molecule has 1 N–H and O–H groups in total. The average molecular weight is 258 g/mol. The van der Waals surface area contributed by atoms with Crippen molar-refractivity contribution in [2.24, 2.45) is 5.92 Å². The zero-order valence-corrected chi connectivity index (χ0v) is 12.3. The number of nitrogens with zero attached hydrogens (tertiary/aromatic N) is 1. The van der Waals surface area contributed by atoms with Gasteiger partial charge in [0.05, 0.1) is 0 Å². The lowest BCUT2D eigenvalue weighted by atomic mass is 9.75. The molecule has 1 heterocycles. The molecule has 1 saturated heterocycles. The number of hydrogen-bond acceptors (Lipinski definition) is 2. The van der Waals surface area contributed by atoms with Crippen LogP contribution < -0.4 is 5.32 Å². The van der Waals surface area contributed by atoms with Gasteiger partial charge < -0.3 is 5.32 Å². The highest BCUT2D eigenvalue weighted by Gasteiger charge is 2.34. The summed E-state index contributed by atoms with van der Waals surface area (Å²) in [6, 6.07) is 7.69. The van der Waals surface area contributed by atoms with Crippen LogP contribution in [0.15, 0.2) is 18.2 Å². The van der Waals surface area contributed by atoms with Crippen LogP contribution in [0, 0.1) is 19.8 Å². The molecule has 0 amide bonds. The summed E-state index contributed by atoms with van der Waals surface area (Å²) >= 11 is 0. The normalized spacial score (nSPS) is 23.1. The second-order valence-corrected chi connectivity index (χ2v) is 6.28. The van der Waals surface area contributed by atoms with Crippen molar-refractivity contribution in [2.45, 2.75) is 39.2 Å². The maximum absolute atomic E-state index is 3.48. The fraction of sp³-hybridized carbons (Fsp3) is 0.647. The van der Waals surface area contributed by atoms with E-state index in [0.29, 0.717) is 6.04 Å². The maximum Gasteiger partial charge on any atom is 0.0379 e. The Morgan fingerprint density at radius 2 is 1.89 bits per heavy atom. The summed E-state index contributed by atoms with van der Waals surface area (Å²) < 4.78 is 0. The number of aryl methyl sites for hydroxylation is 2. The number of benzene rings is 1. The van der Waals surface area contributed by atoms with Gasteiger partial charge in [0.2, 0.25) is 0 Å². The minimum atomic E-state index is 0.663. The first-order valence-corrected chi connectivity index (χ1v) is 7.77. The van der Waals surface area contributed by atoms with Gasteiger partial charge in [-0.3, -0.25) is 4.90 Å². The molecule has 0 aromatic heterocycles. The van der Waals surface area contributed by atoms with E-state index in [1.807, 2.05) is 0 Å².